The number of carbonyl (C=O) groups is 1. The van der Waals surface area contributed by atoms with Crippen LogP contribution in [-0.2, 0) is 9.53 Å². The Morgan fingerprint density at radius 3 is 2.33 bits per heavy atom. The highest BCUT2D eigenvalue weighted by molar-refractivity contribution is 5.75. The summed E-state index contributed by atoms with van der Waals surface area (Å²) in [4.78, 5) is 11.4. The lowest BCUT2D eigenvalue weighted by Gasteiger charge is -2.58. The van der Waals surface area contributed by atoms with Crippen molar-refractivity contribution in [3.8, 4) is 0 Å². The molecular formula is C31H49F3O2. The van der Waals surface area contributed by atoms with Crippen LogP contribution in [0.1, 0.15) is 112 Å². The first-order chi connectivity index (χ1) is 16.8. The molecule has 36 heavy (non-hydrogen) atoms. The Morgan fingerprint density at radius 2 is 1.69 bits per heavy atom. The molecule has 9 unspecified atom stereocenters. The van der Waals surface area contributed by atoms with Crippen molar-refractivity contribution < 1.29 is 22.7 Å². The number of fused-ring (bicyclic) bond motifs is 5. The summed E-state index contributed by atoms with van der Waals surface area (Å²) in [7, 11) is 0. The molecular weight excluding hydrogens is 461 g/mol. The Kier molecular flexibility index (Phi) is 8.00. The molecule has 3 saturated carbocycles. The van der Waals surface area contributed by atoms with Gasteiger partial charge in [0.2, 0.25) is 0 Å². The Balaban J connectivity index is 1.44. The largest absolute Gasteiger partial charge is 0.490 e. The molecule has 0 bridgehead atoms. The number of hydrogen-bond acceptors (Lipinski definition) is 2. The van der Waals surface area contributed by atoms with Gasteiger partial charge in [0.25, 0.3) is 0 Å². The summed E-state index contributed by atoms with van der Waals surface area (Å²) in [6.07, 6.45) is 8.91. The summed E-state index contributed by atoms with van der Waals surface area (Å²) in [5, 5.41) is 0. The standard InChI is InChI=1S/C31H49F3O2/c1-7-21(19(2)3)9-8-20(4)25-12-13-26-24-11-10-22-18-23(36-28(35)31(32,33)34)14-16-29(22,5)27(24)15-17-30(25,26)6/h11,19-23,25-27H,7-10,12-18H2,1-6H3. The fourth-order valence-electron chi connectivity index (χ4n) is 9.46. The highest BCUT2D eigenvalue weighted by Gasteiger charge is 2.58. The predicted octanol–water partition coefficient (Wildman–Crippen LogP) is 9.14. The predicted molar refractivity (Wildman–Crippen MR) is 138 cm³/mol. The number of allylic oxidation sites excluding steroid dienone is 2. The smallest absolute Gasteiger partial charge is 0.456 e. The molecule has 0 saturated heterocycles. The topological polar surface area (TPSA) is 26.3 Å². The molecule has 0 aliphatic heterocycles. The molecule has 0 spiro atoms. The van der Waals surface area contributed by atoms with Gasteiger partial charge in [0.15, 0.2) is 0 Å². The van der Waals surface area contributed by atoms with E-state index in [0.29, 0.717) is 36.0 Å². The number of hydrogen-bond donors (Lipinski definition) is 0. The number of rotatable bonds is 7. The van der Waals surface area contributed by atoms with Crippen molar-refractivity contribution in [2.24, 2.45) is 52.3 Å². The molecule has 0 aromatic heterocycles. The lowest BCUT2D eigenvalue weighted by molar-refractivity contribution is -0.208. The number of esters is 1. The van der Waals surface area contributed by atoms with Crippen LogP contribution < -0.4 is 0 Å². The third-order valence-corrected chi connectivity index (χ3v) is 11.8. The number of carbonyl (C=O) groups excluding carboxylic acids is 1. The summed E-state index contributed by atoms with van der Waals surface area (Å²) >= 11 is 0. The van der Waals surface area contributed by atoms with Gasteiger partial charge >= 0.3 is 12.1 Å². The Morgan fingerprint density at radius 1 is 1.03 bits per heavy atom. The summed E-state index contributed by atoms with van der Waals surface area (Å²) < 4.78 is 43.1. The van der Waals surface area contributed by atoms with Crippen LogP contribution >= 0.6 is 0 Å². The molecule has 0 aromatic carbocycles. The van der Waals surface area contributed by atoms with Crippen LogP contribution in [0.2, 0.25) is 0 Å². The van der Waals surface area contributed by atoms with Gasteiger partial charge in [0, 0.05) is 0 Å². The maximum absolute atomic E-state index is 12.7. The van der Waals surface area contributed by atoms with E-state index in [-0.39, 0.29) is 5.41 Å². The fourth-order valence-corrected chi connectivity index (χ4v) is 9.46. The monoisotopic (exact) mass is 510 g/mol. The molecule has 2 nitrogen and oxygen atoms in total. The first kappa shape index (κ1) is 28.0. The van der Waals surface area contributed by atoms with Gasteiger partial charge in [-0.05, 0) is 110 Å². The highest BCUT2D eigenvalue weighted by atomic mass is 19.4. The molecule has 4 rings (SSSR count). The molecule has 9 atom stereocenters. The highest BCUT2D eigenvalue weighted by Crippen LogP contribution is 2.67. The molecule has 206 valence electrons. The molecule has 0 heterocycles. The Hall–Kier alpha value is -1.00. The normalized spacial score (nSPS) is 40.1. The molecule has 0 aromatic rings. The van der Waals surface area contributed by atoms with Gasteiger partial charge in [-0.3, -0.25) is 0 Å². The van der Waals surface area contributed by atoms with Gasteiger partial charge in [-0.15, -0.1) is 0 Å². The fraction of sp³-hybridized carbons (Fsp3) is 0.903. The summed E-state index contributed by atoms with van der Waals surface area (Å²) in [5.74, 6) is 2.61. The van der Waals surface area contributed by atoms with Gasteiger partial charge in [-0.2, -0.15) is 13.2 Å². The van der Waals surface area contributed by atoms with Crippen molar-refractivity contribution >= 4 is 5.97 Å². The summed E-state index contributed by atoms with van der Waals surface area (Å²) in [6, 6.07) is 0. The SMILES string of the molecule is CCC(CCC(C)C1CCC2C3=CCC4CC(OC(=O)C(F)(F)F)CCC4(C)C3CCC21C)C(C)C. The van der Waals surface area contributed by atoms with E-state index in [0.717, 1.165) is 36.5 Å². The first-order valence-corrected chi connectivity index (χ1v) is 14.8. The third-order valence-electron chi connectivity index (χ3n) is 11.8. The van der Waals surface area contributed by atoms with Crippen LogP contribution in [0, 0.1) is 52.3 Å². The molecule has 5 heteroatoms. The van der Waals surface area contributed by atoms with E-state index in [1.54, 1.807) is 5.57 Å². The minimum absolute atomic E-state index is 0.113. The number of ether oxygens (including phenoxy) is 1. The second-order valence-electron chi connectivity index (χ2n) is 13.7. The van der Waals surface area contributed by atoms with Crippen molar-refractivity contribution in [3.63, 3.8) is 0 Å². The first-order valence-electron chi connectivity index (χ1n) is 14.8. The third kappa shape index (κ3) is 5.03. The van der Waals surface area contributed by atoms with Gasteiger partial charge in [-0.1, -0.05) is 66.0 Å². The molecule has 3 fully saturated rings. The molecule has 0 N–H and O–H groups in total. The van der Waals surface area contributed by atoms with E-state index in [1.807, 2.05) is 0 Å². The summed E-state index contributed by atoms with van der Waals surface area (Å²) in [5.41, 5.74) is 2.17. The average molecular weight is 511 g/mol. The van der Waals surface area contributed by atoms with Crippen LogP contribution in [0.15, 0.2) is 11.6 Å². The lowest BCUT2D eigenvalue weighted by atomic mass is 9.47. The van der Waals surface area contributed by atoms with Gasteiger partial charge in [0.05, 0.1) is 0 Å². The van der Waals surface area contributed by atoms with Crippen molar-refractivity contribution in [2.75, 3.05) is 0 Å². The van der Waals surface area contributed by atoms with Crippen LogP contribution in [-0.4, -0.2) is 18.2 Å². The van der Waals surface area contributed by atoms with E-state index in [4.69, 9.17) is 4.74 Å². The van der Waals surface area contributed by atoms with Crippen molar-refractivity contribution in [1.29, 1.82) is 0 Å². The van der Waals surface area contributed by atoms with Crippen molar-refractivity contribution in [2.45, 2.75) is 124 Å². The van der Waals surface area contributed by atoms with Gasteiger partial charge in [0.1, 0.15) is 6.10 Å². The molecule has 0 amide bonds. The maximum Gasteiger partial charge on any atom is 0.490 e. The second-order valence-corrected chi connectivity index (χ2v) is 13.7. The molecule has 4 aliphatic carbocycles. The number of alkyl halides is 3. The Bertz CT molecular complexity index is 832. The van der Waals surface area contributed by atoms with Crippen LogP contribution in [0.4, 0.5) is 13.2 Å². The van der Waals surface area contributed by atoms with E-state index in [9.17, 15) is 18.0 Å². The minimum atomic E-state index is -4.91. The van der Waals surface area contributed by atoms with E-state index < -0.39 is 18.2 Å². The molecule has 0 radical (unpaired) electrons. The van der Waals surface area contributed by atoms with E-state index in [2.05, 4.69) is 47.6 Å². The zero-order valence-electron chi connectivity index (χ0n) is 23.4. The zero-order chi connectivity index (χ0) is 26.5. The Labute approximate surface area is 217 Å². The number of halogens is 3. The van der Waals surface area contributed by atoms with Crippen LogP contribution in [0.5, 0.6) is 0 Å². The summed E-state index contributed by atoms with van der Waals surface area (Å²) in [6.45, 7) is 14.5. The average Bonchev–Trinajstić information content (AvgIpc) is 3.16. The minimum Gasteiger partial charge on any atom is -0.456 e. The van der Waals surface area contributed by atoms with Crippen molar-refractivity contribution in [1.82, 2.24) is 0 Å². The second kappa shape index (κ2) is 10.3. The van der Waals surface area contributed by atoms with E-state index in [1.165, 1.54) is 44.9 Å². The van der Waals surface area contributed by atoms with Gasteiger partial charge in [-0.25, -0.2) is 4.79 Å². The van der Waals surface area contributed by atoms with Crippen LogP contribution in [0.3, 0.4) is 0 Å². The lowest BCUT2D eigenvalue weighted by Crippen LogP contribution is -2.50. The quantitative estimate of drug-likeness (QED) is 0.252. The van der Waals surface area contributed by atoms with Gasteiger partial charge < -0.3 is 4.74 Å². The van der Waals surface area contributed by atoms with Crippen molar-refractivity contribution in [3.05, 3.63) is 11.6 Å². The zero-order valence-corrected chi connectivity index (χ0v) is 23.4. The van der Waals surface area contributed by atoms with Crippen LogP contribution in [0.25, 0.3) is 0 Å². The maximum atomic E-state index is 12.7. The molecule has 4 aliphatic rings. The van der Waals surface area contributed by atoms with E-state index >= 15 is 0 Å².